The Kier molecular flexibility index (Phi) is 4.42. The van der Waals surface area contributed by atoms with Crippen LogP contribution >= 0.6 is 23.1 Å². The van der Waals surface area contributed by atoms with Crippen molar-refractivity contribution < 1.29 is 4.74 Å². The summed E-state index contributed by atoms with van der Waals surface area (Å²) in [5.41, 5.74) is 7.21. The van der Waals surface area contributed by atoms with Crippen molar-refractivity contribution in [2.45, 2.75) is 25.9 Å². The largest absolute Gasteiger partial charge is 0.383 e. The van der Waals surface area contributed by atoms with Gasteiger partial charge in [-0.25, -0.2) is 9.97 Å². The monoisotopic (exact) mass is 283 g/mol. The maximum absolute atomic E-state index is 6.01. The highest BCUT2D eigenvalue weighted by molar-refractivity contribution is 7.99. The van der Waals surface area contributed by atoms with E-state index in [-0.39, 0.29) is 0 Å². The van der Waals surface area contributed by atoms with Crippen LogP contribution in [0.5, 0.6) is 0 Å². The Balaban J connectivity index is 2.21. The van der Waals surface area contributed by atoms with Crippen molar-refractivity contribution in [3.05, 3.63) is 10.4 Å². The first kappa shape index (κ1) is 13.6. The van der Waals surface area contributed by atoms with Gasteiger partial charge < -0.3 is 10.5 Å². The fraction of sp³-hybridized carbons (Fsp3) is 0.500. The first-order valence-corrected chi connectivity index (χ1v) is 7.67. The lowest BCUT2D eigenvalue weighted by atomic mass is 10.2. The molecule has 2 aromatic rings. The lowest BCUT2D eigenvalue weighted by Gasteiger charge is -2.03. The minimum absolute atomic E-state index is 0.584. The van der Waals surface area contributed by atoms with Crippen LogP contribution in [0, 0.1) is 13.8 Å². The molecule has 0 aliphatic heterocycles. The maximum Gasteiger partial charge on any atom is 0.190 e. The average Bonchev–Trinajstić information content (AvgIpc) is 2.61. The van der Waals surface area contributed by atoms with E-state index in [2.05, 4.69) is 23.8 Å². The Bertz CT molecular complexity index is 554. The van der Waals surface area contributed by atoms with Crippen LogP contribution in [-0.4, -0.2) is 28.9 Å². The van der Waals surface area contributed by atoms with Gasteiger partial charge in [-0.3, -0.25) is 0 Å². The third kappa shape index (κ3) is 2.76. The van der Waals surface area contributed by atoms with E-state index in [1.807, 2.05) is 6.92 Å². The summed E-state index contributed by atoms with van der Waals surface area (Å²) in [6.45, 7) is 7.60. The van der Waals surface area contributed by atoms with Crippen molar-refractivity contribution in [2.24, 2.45) is 0 Å². The normalized spacial score (nSPS) is 11.3. The fourth-order valence-corrected chi connectivity index (χ4v) is 3.46. The number of rotatable bonds is 5. The van der Waals surface area contributed by atoms with Gasteiger partial charge in [0.2, 0.25) is 0 Å². The van der Waals surface area contributed by atoms with Gasteiger partial charge in [0.15, 0.2) is 5.16 Å². The molecule has 2 rings (SSSR count). The molecule has 0 radical (unpaired) electrons. The minimum atomic E-state index is 0.584. The Morgan fingerprint density at radius 2 is 2.11 bits per heavy atom. The summed E-state index contributed by atoms with van der Waals surface area (Å²) >= 11 is 3.26. The van der Waals surface area contributed by atoms with Crippen LogP contribution in [0.15, 0.2) is 5.16 Å². The van der Waals surface area contributed by atoms with E-state index in [0.29, 0.717) is 12.4 Å². The summed E-state index contributed by atoms with van der Waals surface area (Å²) < 4.78 is 5.29. The molecule has 0 atom stereocenters. The van der Waals surface area contributed by atoms with Gasteiger partial charge >= 0.3 is 0 Å². The van der Waals surface area contributed by atoms with Gasteiger partial charge in [-0.1, -0.05) is 11.8 Å². The number of anilines is 1. The van der Waals surface area contributed by atoms with Gasteiger partial charge in [0.1, 0.15) is 10.6 Å². The second-order valence-electron chi connectivity index (χ2n) is 3.90. The van der Waals surface area contributed by atoms with Crippen LogP contribution in [0.2, 0.25) is 0 Å². The summed E-state index contributed by atoms with van der Waals surface area (Å²) in [6, 6.07) is 0. The Morgan fingerprint density at radius 3 is 2.83 bits per heavy atom. The smallest absolute Gasteiger partial charge is 0.190 e. The molecule has 0 amide bonds. The molecule has 0 aromatic carbocycles. The molecule has 2 aromatic heterocycles. The fourth-order valence-electron chi connectivity index (χ4n) is 1.66. The predicted molar refractivity (Wildman–Crippen MR) is 78.5 cm³/mol. The second-order valence-corrected chi connectivity index (χ2v) is 6.17. The molecule has 2 heterocycles. The van der Waals surface area contributed by atoms with E-state index >= 15 is 0 Å². The molecule has 0 saturated heterocycles. The lowest BCUT2D eigenvalue weighted by Crippen LogP contribution is -1.99. The van der Waals surface area contributed by atoms with E-state index in [4.69, 9.17) is 10.5 Å². The molecule has 0 saturated carbocycles. The Morgan fingerprint density at radius 1 is 1.33 bits per heavy atom. The van der Waals surface area contributed by atoms with Gasteiger partial charge in [0.05, 0.1) is 12.0 Å². The van der Waals surface area contributed by atoms with Crippen LogP contribution < -0.4 is 5.73 Å². The molecule has 6 heteroatoms. The van der Waals surface area contributed by atoms with E-state index in [0.717, 1.165) is 27.7 Å². The molecular weight excluding hydrogens is 266 g/mol. The van der Waals surface area contributed by atoms with Crippen LogP contribution in [0.1, 0.15) is 17.4 Å². The van der Waals surface area contributed by atoms with Gasteiger partial charge in [-0.2, -0.15) is 0 Å². The zero-order valence-electron chi connectivity index (χ0n) is 10.8. The number of aromatic nitrogens is 2. The van der Waals surface area contributed by atoms with Crippen molar-refractivity contribution in [1.82, 2.24) is 9.97 Å². The van der Waals surface area contributed by atoms with Crippen molar-refractivity contribution in [2.75, 3.05) is 24.7 Å². The first-order chi connectivity index (χ1) is 8.63. The topological polar surface area (TPSA) is 61.0 Å². The molecule has 0 aliphatic rings. The summed E-state index contributed by atoms with van der Waals surface area (Å²) in [5, 5.41) is 1.74. The van der Waals surface area contributed by atoms with Gasteiger partial charge in [0, 0.05) is 17.2 Å². The molecule has 98 valence electrons. The Labute approximate surface area is 115 Å². The van der Waals surface area contributed by atoms with Gasteiger partial charge in [-0.15, -0.1) is 11.3 Å². The van der Waals surface area contributed by atoms with E-state index in [1.54, 1.807) is 23.1 Å². The average molecular weight is 283 g/mol. The summed E-state index contributed by atoms with van der Waals surface area (Å²) in [5.74, 6) is 1.43. The van der Waals surface area contributed by atoms with Gasteiger partial charge in [-0.05, 0) is 26.3 Å². The number of nitrogens with two attached hydrogens (primary N) is 1. The van der Waals surface area contributed by atoms with Crippen molar-refractivity contribution in [3.8, 4) is 0 Å². The third-order valence-electron chi connectivity index (χ3n) is 2.70. The molecule has 4 nitrogen and oxygen atoms in total. The highest BCUT2D eigenvalue weighted by Crippen LogP contribution is 2.33. The second kappa shape index (κ2) is 5.86. The standard InChI is InChI=1S/C12H17N3OS2/c1-4-16-5-6-17-12-14-10(13)9-7(2)8(3)18-11(9)15-12/h4-6H2,1-3H3,(H2,13,14,15). The van der Waals surface area contributed by atoms with E-state index in [9.17, 15) is 0 Å². The minimum Gasteiger partial charge on any atom is -0.383 e. The molecule has 0 bridgehead atoms. The van der Waals surface area contributed by atoms with Crippen LogP contribution in [0.4, 0.5) is 5.82 Å². The number of thiophene rings is 1. The lowest BCUT2D eigenvalue weighted by molar-refractivity contribution is 0.164. The molecule has 18 heavy (non-hydrogen) atoms. The van der Waals surface area contributed by atoms with Crippen LogP contribution in [0.25, 0.3) is 10.2 Å². The number of aryl methyl sites for hydroxylation is 2. The predicted octanol–water partition coefficient (Wildman–Crippen LogP) is 3.02. The quantitative estimate of drug-likeness (QED) is 0.519. The maximum atomic E-state index is 6.01. The summed E-state index contributed by atoms with van der Waals surface area (Å²) in [4.78, 5) is 11.1. The van der Waals surface area contributed by atoms with Crippen molar-refractivity contribution in [3.63, 3.8) is 0 Å². The van der Waals surface area contributed by atoms with Crippen molar-refractivity contribution in [1.29, 1.82) is 0 Å². The molecule has 2 N–H and O–H groups in total. The summed E-state index contributed by atoms with van der Waals surface area (Å²) in [7, 11) is 0. The molecule has 0 unspecified atom stereocenters. The number of nitrogen functional groups attached to an aromatic ring is 1. The summed E-state index contributed by atoms with van der Waals surface area (Å²) in [6.07, 6.45) is 0. The number of hydrogen-bond acceptors (Lipinski definition) is 6. The zero-order chi connectivity index (χ0) is 13.1. The SMILES string of the molecule is CCOCCSc1nc(N)c2c(C)c(C)sc2n1. The van der Waals surface area contributed by atoms with E-state index in [1.165, 1.54) is 10.4 Å². The number of hydrogen-bond donors (Lipinski definition) is 1. The number of fused-ring (bicyclic) bond motifs is 1. The highest BCUT2D eigenvalue weighted by Gasteiger charge is 2.12. The van der Waals surface area contributed by atoms with Crippen molar-refractivity contribution >= 4 is 39.1 Å². The number of nitrogens with zero attached hydrogens (tertiary/aromatic N) is 2. The highest BCUT2D eigenvalue weighted by atomic mass is 32.2. The van der Waals surface area contributed by atoms with Crippen LogP contribution in [-0.2, 0) is 4.74 Å². The number of ether oxygens (including phenoxy) is 1. The molecular formula is C12H17N3OS2. The first-order valence-electron chi connectivity index (χ1n) is 5.87. The third-order valence-corrected chi connectivity index (χ3v) is 4.61. The Hall–Kier alpha value is -0.850. The molecule has 0 spiro atoms. The van der Waals surface area contributed by atoms with Gasteiger partial charge in [0.25, 0.3) is 0 Å². The van der Waals surface area contributed by atoms with E-state index < -0.39 is 0 Å². The zero-order valence-corrected chi connectivity index (χ0v) is 12.5. The van der Waals surface area contributed by atoms with Crippen LogP contribution in [0.3, 0.4) is 0 Å². The number of thioether (sulfide) groups is 1. The molecule has 0 fully saturated rings. The molecule has 0 aliphatic carbocycles.